The van der Waals surface area contributed by atoms with E-state index in [-0.39, 0.29) is 19.0 Å². The minimum atomic E-state index is -1.41. The van der Waals surface area contributed by atoms with Gasteiger partial charge in [-0.2, -0.15) is 0 Å². The van der Waals surface area contributed by atoms with Crippen LogP contribution in [0.25, 0.3) is 0 Å². The van der Waals surface area contributed by atoms with E-state index in [1.807, 2.05) is 4.90 Å². The number of aliphatic hydroxyl groups excluding tert-OH is 1. The van der Waals surface area contributed by atoms with Crippen molar-refractivity contribution in [3.05, 3.63) is 0 Å². The van der Waals surface area contributed by atoms with E-state index in [9.17, 15) is 9.59 Å². The van der Waals surface area contributed by atoms with Gasteiger partial charge in [-0.05, 0) is 38.8 Å². The quantitative estimate of drug-likeness (QED) is 0.677. The van der Waals surface area contributed by atoms with Gasteiger partial charge in [0, 0.05) is 32.1 Å². The molecular weight excluding hydrogens is 274 g/mol. The van der Waals surface area contributed by atoms with Gasteiger partial charge in [-0.25, -0.2) is 9.59 Å². The van der Waals surface area contributed by atoms with E-state index in [0.717, 1.165) is 32.5 Å². The molecule has 2 aliphatic heterocycles. The Morgan fingerprint density at radius 2 is 2.10 bits per heavy atom. The summed E-state index contributed by atoms with van der Waals surface area (Å²) in [6, 6.07) is 0.427. The van der Waals surface area contributed by atoms with E-state index in [2.05, 4.69) is 17.3 Å². The highest BCUT2D eigenvalue weighted by Crippen LogP contribution is 2.29. The summed E-state index contributed by atoms with van der Waals surface area (Å²) < 4.78 is 0. The fraction of sp³-hybridized carbons (Fsp3) is 0.857. The molecule has 2 rings (SSSR count). The number of carbonyl (C=O) groups excluding carboxylic acids is 1. The van der Waals surface area contributed by atoms with E-state index in [0.29, 0.717) is 12.0 Å². The van der Waals surface area contributed by atoms with Crippen LogP contribution >= 0.6 is 0 Å². The molecule has 2 heterocycles. The average molecular weight is 299 g/mol. The first-order valence-electron chi connectivity index (χ1n) is 7.63. The number of likely N-dealkylation sites (tertiary alicyclic amines) is 2. The minimum absolute atomic E-state index is 0.0315. The Morgan fingerprint density at radius 1 is 1.33 bits per heavy atom. The molecule has 0 bridgehead atoms. The molecule has 0 radical (unpaired) electrons. The fourth-order valence-corrected chi connectivity index (χ4v) is 3.39. The third kappa shape index (κ3) is 4.07. The first kappa shape index (κ1) is 16.0. The highest BCUT2D eigenvalue weighted by molar-refractivity contribution is 5.75. The molecule has 3 atom stereocenters. The Labute approximate surface area is 124 Å². The van der Waals surface area contributed by atoms with Gasteiger partial charge >= 0.3 is 12.0 Å². The predicted molar refractivity (Wildman–Crippen MR) is 77.0 cm³/mol. The second-order valence-electron chi connectivity index (χ2n) is 6.06. The number of nitrogens with one attached hydrogen (secondary N) is 1. The van der Waals surface area contributed by atoms with Gasteiger partial charge in [0.1, 0.15) is 0 Å². The summed E-state index contributed by atoms with van der Waals surface area (Å²) in [5, 5.41) is 20.4. The van der Waals surface area contributed by atoms with Gasteiger partial charge in [-0.3, -0.25) is 0 Å². The number of hydrogen-bond acceptors (Lipinski definition) is 4. The third-order valence-corrected chi connectivity index (χ3v) is 4.61. The Morgan fingerprint density at radius 3 is 2.81 bits per heavy atom. The molecule has 2 amide bonds. The van der Waals surface area contributed by atoms with Gasteiger partial charge in [0.2, 0.25) is 0 Å². The van der Waals surface area contributed by atoms with Gasteiger partial charge in [-0.1, -0.05) is 0 Å². The molecule has 7 heteroatoms. The van der Waals surface area contributed by atoms with Crippen LogP contribution in [-0.2, 0) is 4.79 Å². The molecule has 7 nitrogen and oxygen atoms in total. The molecule has 0 saturated carbocycles. The summed E-state index contributed by atoms with van der Waals surface area (Å²) >= 11 is 0. The Balaban J connectivity index is 1.75. The van der Waals surface area contributed by atoms with Crippen LogP contribution in [-0.4, -0.2) is 77.4 Å². The maximum absolute atomic E-state index is 12.1. The van der Waals surface area contributed by atoms with Crippen LogP contribution in [0.5, 0.6) is 0 Å². The minimum Gasteiger partial charge on any atom is -0.479 e. The molecule has 2 saturated heterocycles. The number of carbonyl (C=O) groups is 2. The molecule has 2 aliphatic rings. The maximum atomic E-state index is 12.1. The number of rotatable bonds is 4. The van der Waals surface area contributed by atoms with Crippen molar-refractivity contribution in [1.82, 2.24) is 15.1 Å². The summed E-state index contributed by atoms with van der Waals surface area (Å²) in [5.74, 6) is -0.719. The van der Waals surface area contributed by atoms with E-state index in [4.69, 9.17) is 10.2 Å². The predicted octanol–water partition coefficient (Wildman–Crippen LogP) is -0.0523. The fourth-order valence-electron chi connectivity index (χ4n) is 3.39. The third-order valence-electron chi connectivity index (χ3n) is 4.61. The van der Waals surface area contributed by atoms with Crippen LogP contribution in [0, 0.1) is 5.92 Å². The van der Waals surface area contributed by atoms with Crippen molar-refractivity contribution in [1.29, 1.82) is 0 Å². The van der Waals surface area contributed by atoms with Crippen LogP contribution in [0.1, 0.15) is 25.7 Å². The second-order valence-corrected chi connectivity index (χ2v) is 6.06. The number of hydrogen-bond donors (Lipinski definition) is 3. The maximum Gasteiger partial charge on any atom is 0.332 e. The first-order valence-corrected chi connectivity index (χ1v) is 7.63. The smallest absolute Gasteiger partial charge is 0.332 e. The van der Waals surface area contributed by atoms with Crippen molar-refractivity contribution in [3.63, 3.8) is 0 Å². The number of carboxylic acids is 1. The van der Waals surface area contributed by atoms with Gasteiger partial charge in [0.25, 0.3) is 0 Å². The van der Waals surface area contributed by atoms with Crippen molar-refractivity contribution >= 4 is 12.0 Å². The van der Waals surface area contributed by atoms with Gasteiger partial charge in [0.15, 0.2) is 6.10 Å². The van der Waals surface area contributed by atoms with E-state index < -0.39 is 12.1 Å². The molecule has 0 aromatic carbocycles. The summed E-state index contributed by atoms with van der Waals surface area (Å²) in [4.78, 5) is 26.8. The van der Waals surface area contributed by atoms with Crippen LogP contribution in [0.4, 0.5) is 4.79 Å². The highest BCUT2D eigenvalue weighted by atomic mass is 16.4. The summed E-state index contributed by atoms with van der Waals surface area (Å²) in [6.45, 7) is 2.82. The molecule has 2 unspecified atom stereocenters. The number of amides is 2. The molecule has 21 heavy (non-hydrogen) atoms. The van der Waals surface area contributed by atoms with Crippen LogP contribution in [0.15, 0.2) is 0 Å². The van der Waals surface area contributed by atoms with Crippen LogP contribution in [0.3, 0.4) is 0 Å². The van der Waals surface area contributed by atoms with E-state index in [1.165, 1.54) is 6.42 Å². The molecule has 0 spiro atoms. The number of fused-ring (bicyclic) bond motifs is 1. The monoisotopic (exact) mass is 299 g/mol. The van der Waals surface area contributed by atoms with Crippen molar-refractivity contribution < 1.29 is 19.8 Å². The van der Waals surface area contributed by atoms with Gasteiger partial charge in [-0.15, -0.1) is 0 Å². The lowest BCUT2D eigenvalue weighted by atomic mass is 9.84. The molecule has 120 valence electrons. The van der Waals surface area contributed by atoms with Crippen molar-refractivity contribution in [2.45, 2.75) is 37.8 Å². The van der Waals surface area contributed by atoms with Crippen molar-refractivity contribution in [2.75, 3.05) is 33.2 Å². The van der Waals surface area contributed by atoms with Gasteiger partial charge < -0.3 is 25.3 Å². The Bertz CT molecular complexity index is 390. The molecule has 3 N–H and O–H groups in total. The zero-order valence-corrected chi connectivity index (χ0v) is 12.5. The zero-order chi connectivity index (χ0) is 15.4. The van der Waals surface area contributed by atoms with Crippen LogP contribution < -0.4 is 5.32 Å². The second kappa shape index (κ2) is 7.09. The van der Waals surface area contributed by atoms with Crippen LogP contribution in [0.2, 0.25) is 0 Å². The lowest BCUT2D eigenvalue weighted by Crippen LogP contribution is -2.55. The Hall–Kier alpha value is -1.34. The molecular formula is C14H25N3O4. The topological polar surface area (TPSA) is 93.1 Å². The molecule has 0 aromatic heterocycles. The zero-order valence-electron chi connectivity index (χ0n) is 12.5. The number of aliphatic carboxylic acids is 1. The van der Waals surface area contributed by atoms with Gasteiger partial charge in [0.05, 0.1) is 0 Å². The number of nitrogens with zero attached hydrogens (tertiary/aromatic N) is 2. The highest BCUT2D eigenvalue weighted by Gasteiger charge is 2.35. The average Bonchev–Trinajstić information content (AvgIpc) is 2.46. The Kier molecular flexibility index (Phi) is 5.41. The number of piperidine rings is 2. The normalized spacial score (nSPS) is 27.8. The number of carboxylic acid groups (broad SMARTS) is 1. The summed E-state index contributed by atoms with van der Waals surface area (Å²) in [5.41, 5.74) is 0. The number of urea groups is 1. The van der Waals surface area contributed by atoms with E-state index in [1.54, 1.807) is 0 Å². The lowest BCUT2D eigenvalue weighted by molar-refractivity contribution is -0.146. The van der Waals surface area contributed by atoms with E-state index >= 15 is 0 Å². The molecule has 2 fully saturated rings. The van der Waals surface area contributed by atoms with Crippen molar-refractivity contribution in [2.24, 2.45) is 5.92 Å². The standard InChI is InChI=1S/C14H25N3O4/c1-16-7-2-3-10-9-17(8-5-11(10)16)14(21)15-6-4-12(18)13(19)20/h10-12,18H,2-9H2,1H3,(H,15,21)(H,19,20)/t10?,11?,12-/m0/s1. The lowest BCUT2D eigenvalue weighted by Gasteiger charge is -2.45. The molecule has 0 aliphatic carbocycles. The summed E-state index contributed by atoms with van der Waals surface area (Å²) in [7, 11) is 2.15. The number of aliphatic hydroxyl groups is 1. The summed E-state index contributed by atoms with van der Waals surface area (Å²) in [6.07, 6.45) is 1.95. The molecule has 0 aromatic rings. The largest absolute Gasteiger partial charge is 0.479 e. The SMILES string of the molecule is CN1CCCC2CN(C(=O)NCC[C@H](O)C(=O)O)CCC21. The van der Waals surface area contributed by atoms with Crippen molar-refractivity contribution in [3.8, 4) is 0 Å². The first-order chi connectivity index (χ1) is 9.99.